The molecule has 6 nitrogen and oxygen atoms in total. The standard InChI is InChI=1S/C18H23N5OS2/c1-4-14-9-15-17(20-11-21-18(15)26-14)25-10-16(24)19-6-5-7-23-13(3)8-12(2)22-23/h8-9,11H,4-7,10H2,1-3H3,(H,19,24). The molecule has 1 N–H and O–H groups in total. The van der Waals surface area contributed by atoms with Crippen molar-refractivity contribution in [3.63, 3.8) is 0 Å². The number of aryl methyl sites for hydroxylation is 4. The molecule has 0 aliphatic rings. The van der Waals surface area contributed by atoms with E-state index in [0.29, 0.717) is 12.3 Å². The number of thiophene rings is 1. The van der Waals surface area contributed by atoms with Gasteiger partial charge in [0.2, 0.25) is 5.91 Å². The Morgan fingerprint density at radius 1 is 1.31 bits per heavy atom. The van der Waals surface area contributed by atoms with E-state index in [1.54, 1.807) is 17.7 Å². The summed E-state index contributed by atoms with van der Waals surface area (Å²) in [6.07, 6.45) is 3.42. The molecule has 3 rings (SSSR count). The highest BCUT2D eigenvalue weighted by atomic mass is 32.2. The molecule has 0 saturated heterocycles. The number of fused-ring (bicyclic) bond motifs is 1. The van der Waals surface area contributed by atoms with E-state index in [9.17, 15) is 4.79 Å². The minimum atomic E-state index is 0.0288. The molecule has 0 aromatic carbocycles. The summed E-state index contributed by atoms with van der Waals surface area (Å²) < 4.78 is 1.98. The highest BCUT2D eigenvalue weighted by molar-refractivity contribution is 8.00. The number of aromatic nitrogens is 4. The number of hydrogen-bond acceptors (Lipinski definition) is 6. The van der Waals surface area contributed by atoms with Gasteiger partial charge in [-0.15, -0.1) is 11.3 Å². The SMILES string of the molecule is CCc1cc2c(SCC(=O)NCCCn3nc(C)cc3C)ncnc2s1. The molecule has 0 aliphatic heterocycles. The van der Waals surface area contributed by atoms with Crippen molar-refractivity contribution in [2.45, 2.75) is 45.2 Å². The van der Waals surface area contributed by atoms with Gasteiger partial charge in [0, 0.05) is 29.0 Å². The lowest BCUT2D eigenvalue weighted by Gasteiger charge is -2.07. The molecule has 0 fully saturated rings. The van der Waals surface area contributed by atoms with E-state index in [0.717, 1.165) is 46.0 Å². The van der Waals surface area contributed by atoms with Gasteiger partial charge in [0.15, 0.2) is 0 Å². The van der Waals surface area contributed by atoms with Crippen LogP contribution in [-0.4, -0.2) is 38.0 Å². The van der Waals surface area contributed by atoms with Crippen LogP contribution >= 0.6 is 23.1 Å². The van der Waals surface area contributed by atoms with Crippen molar-refractivity contribution in [1.29, 1.82) is 0 Å². The van der Waals surface area contributed by atoms with Gasteiger partial charge in [0.25, 0.3) is 0 Å². The third kappa shape index (κ3) is 4.62. The molecule has 0 bridgehead atoms. The Morgan fingerprint density at radius 2 is 2.15 bits per heavy atom. The molecule has 0 spiro atoms. The van der Waals surface area contributed by atoms with Gasteiger partial charge < -0.3 is 5.32 Å². The maximum atomic E-state index is 12.1. The molecule has 0 saturated carbocycles. The minimum absolute atomic E-state index is 0.0288. The molecule has 0 radical (unpaired) electrons. The van der Waals surface area contributed by atoms with Crippen molar-refractivity contribution in [2.75, 3.05) is 12.3 Å². The third-order valence-corrected chi connectivity index (χ3v) is 6.20. The first-order chi connectivity index (χ1) is 12.6. The molecule has 0 unspecified atom stereocenters. The first-order valence-electron chi connectivity index (χ1n) is 8.70. The minimum Gasteiger partial charge on any atom is -0.355 e. The second-order valence-corrected chi connectivity index (χ2v) is 8.19. The predicted molar refractivity (Wildman–Crippen MR) is 107 cm³/mol. The molecule has 8 heteroatoms. The van der Waals surface area contributed by atoms with Gasteiger partial charge in [-0.2, -0.15) is 5.10 Å². The highest BCUT2D eigenvalue weighted by Gasteiger charge is 2.10. The summed E-state index contributed by atoms with van der Waals surface area (Å²) in [6, 6.07) is 4.20. The zero-order chi connectivity index (χ0) is 18.5. The van der Waals surface area contributed by atoms with E-state index in [4.69, 9.17) is 0 Å². The van der Waals surface area contributed by atoms with Crippen LogP contribution in [0, 0.1) is 13.8 Å². The Hall–Kier alpha value is -1.93. The van der Waals surface area contributed by atoms with Gasteiger partial charge in [-0.25, -0.2) is 9.97 Å². The summed E-state index contributed by atoms with van der Waals surface area (Å²) in [4.78, 5) is 23.0. The van der Waals surface area contributed by atoms with Crippen molar-refractivity contribution >= 4 is 39.2 Å². The van der Waals surface area contributed by atoms with Crippen LogP contribution in [0.4, 0.5) is 0 Å². The van der Waals surface area contributed by atoms with Crippen molar-refractivity contribution in [1.82, 2.24) is 25.1 Å². The average molecular weight is 390 g/mol. The molecule has 3 heterocycles. The normalized spacial score (nSPS) is 11.2. The number of carbonyl (C=O) groups excluding carboxylic acids is 1. The largest absolute Gasteiger partial charge is 0.355 e. The monoisotopic (exact) mass is 389 g/mol. The van der Waals surface area contributed by atoms with Gasteiger partial charge in [0.1, 0.15) is 16.2 Å². The van der Waals surface area contributed by atoms with Crippen molar-refractivity contribution in [3.8, 4) is 0 Å². The summed E-state index contributed by atoms with van der Waals surface area (Å²) in [5.41, 5.74) is 2.18. The molecule has 3 aromatic heterocycles. The zero-order valence-corrected chi connectivity index (χ0v) is 16.9. The van der Waals surface area contributed by atoms with Crippen LogP contribution < -0.4 is 5.32 Å². The van der Waals surface area contributed by atoms with Gasteiger partial charge in [-0.1, -0.05) is 18.7 Å². The van der Waals surface area contributed by atoms with Crippen LogP contribution in [0.5, 0.6) is 0 Å². The first kappa shape index (κ1) is 18.8. The van der Waals surface area contributed by atoms with E-state index in [-0.39, 0.29) is 5.91 Å². The Bertz CT molecular complexity index is 902. The number of amides is 1. The van der Waals surface area contributed by atoms with E-state index >= 15 is 0 Å². The van der Waals surface area contributed by atoms with Crippen molar-refractivity contribution < 1.29 is 4.79 Å². The number of hydrogen-bond donors (Lipinski definition) is 1. The lowest BCUT2D eigenvalue weighted by atomic mass is 10.3. The Labute approximate surface area is 161 Å². The maximum Gasteiger partial charge on any atom is 0.230 e. The van der Waals surface area contributed by atoms with E-state index in [2.05, 4.69) is 39.4 Å². The number of nitrogens with zero attached hydrogens (tertiary/aromatic N) is 4. The molecule has 3 aromatic rings. The molecule has 0 atom stereocenters. The lowest BCUT2D eigenvalue weighted by molar-refractivity contribution is -0.118. The van der Waals surface area contributed by atoms with Gasteiger partial charge in [0.05, 0.1) is 11.4 Å². The van der Waals surface area contributed by atoms with Crippen molar-refractivity contribution in [2.24, 2.45) is 0 Å². The summed E-state index contributed by atoms with van der Waals surface area (Å²) in [6.45, 7) is 7.63. The van der Waals surface area contributed by atoms with E-state index < -0.39 is 0 Å². The maximum absolute atomic E-state index is 12.1. The average Bonchev–Trinajstić information content (AvgIpc) is 3.19. The quantitative estimate of drug-likeness (QED) is 0.363. The van der Waals surface area contributed by atoms with Crippen molar-refractivity contribution in [3.05, 3.63) is 34.7 Å². The number of rotatable bonds is 8. The van der Waals surface area contributed by atoms with Crippen LogP contribution in [0.2, 0.25) is 0 Å². The fraction of sp³-hybridized carbons (Fsp3) is 0.444. The Morgan fingerprint density at radius 3 is 2.88 bits per heavy atom. The number of carbonyl (C=O) groups is 1. The Kier molecular flexibility index (Phi) is 6.26. The van der Waals surface area contributed by atoms with Crippen LogP contribution in [0.25, 0.3) is 10.2 Å². The van der Waals surface area contributed by atoms with Crippen LogP contribution in [-0.2, 0) is 17.8 Å². The summed E-state index contributed by atoms with van der Waals surface area (Å²) >= 11 is 3.16. The Balaban J connectivity index is 1.45. The van der Waals surface area contributed by atoms with Gasteiger partial charge >= 0.3 is 0 Å². The summed E-state index contributed by atoms with van der Waals surface area (Å²) in [5.74, 6) is 0.393. The summed E-state index contributed by atoms with van der Waals surface area (Å²) in [5, 5.41) is 9.33. The molecule has 26 heavy (non-hydrogen) atoms. The molecule has 0 aliphatic carbocycles. The van der Waals surface area contributed by atoms with E-state index in [1.807, 2.05) is 18.5 Å². The number of thioether (sulfide) groups is 1. The first-order valence-corrected chi connectivity index (χ1v) is 10.5. The number of nitrogens with one attached hydrogen (secondary N) is 1. The molecular weight excluding hydrogens is 366 g/mol. The predicted octanol–water partition coefficient (Wildman–Crippen LogP) is 3.37. The lowest BCUT2D eigenvalue weighted by Crippen LogP contribution is -2.27. The zero-order valence-electron chi connectivity index (χ0n) is 15.3. The second kappa shape index (κ2) is 8.64. The fourth-order valence-electron chi connectivity index (χ4n) is 2.72. The van der Waals surface area contributed by atoms with Gasteiger partial charge in [-0.05, 0) is 38.8 Å². The smallest absolute Gasteiger partial charge is 0.230 e. The summed E-state index contributed by atoms with van der Waals surface area (Å²) in [7, 11) is 0. The second-order valence-electron chi connectivity index (χ2n) is 6.11. The fourth-order valence-corrected chi connectivity index (χ4v) is 4.52. The third-order valence-electron chi connectivity index (χ3n) is 4.00. The molecule has 1 amide bonds. The molecule has 138 valence electrons. The van der Waals surface area contributed by atoms with Crippen LogP contribution in [0.15, 0.2) is 23.5 Å². The topological polar surface area (TPSA) is 72.7 Å². The van der Waals surface area contributed by atoms with E-state index in [1.165, 1.54) is 16.6 Å². The van der Waals surface area contributed by atoms with Gasteiger partial charge in [-0.3, -0.25) is 9.48 Å². The highest BCUT2D eigenvalue weighted by Crippen LogP contribution is 2.30. The van der Waals surface area contributed by atoms with Crippen LogP contribution in [0.1, 0.15) is 29.6 Å². The van der Waals surface area contributed by atoms with Crippen LogP contribution in [0.3, 0.4) is 0 Å². The molecular formula is C18H23N5OS2.